The van der Waals surface area contributed by atoms with Gasteiger partial charge in [-0.2, -0.15) is 0 Å². The maximum atomic E-state index is 12.6. The second-order valence-electron chi connectivity index (χ2n) is 5.55. The van der Waals surface area contributed by atoms with E-state index in [-0.39, 0.29) is 10.5 Å². The third kappa shape index (κ3) is 3.35. The highest BCUT2D eigenvalue weighted by Gasteiger charge is 2.16. The molecule has 0 saturated heterocycles. The molecule has 2 aromatic heterocycles. The molecule has 134 valence electrons. The van der Waals surface area contributed by atoms with Crippen LogP contribution >= 0.6 is 0 Å². The van der Waals surface area contributed by atoms with Gasteiger partial charge in [0, 0.05) is 23.8 Å². The first-order valence-electron chi connectivity index (χ1n) is 7.74. The van der Waals surface area contributed by atoms with Gasteiger partial charge in [-0.1, -0.05) is 0 Å². The topological polar surface area (TPSA) is 124 Å². The average Bonchev–Trinajstić information content (AvgIpc) is 2.61. The zero-order chi connectivity index (χ0) is 18.9. The van der Waals surface area contributed by atoms with Gasteiger partial charge in [0.05, 0.1) is 4.90 Å². The molecule has 0 fully saturated rings. The molecule has 0 unspecified atom stereocenters. The van der Waals surface area contributed by atoms with Crippen LogP contribution in [0.4, 0.5) is 5.69 Å². The van der Waals surface area contributed by atoms with Crippen LogP contribution in [0.5, 0.6) is 0 Å². The van der Waals surface area contributed by atoms with Crippen LogP contribution in [0.2, 0.25) is 0 Å². The van der Waals surface area contributed by atoms with Crippen molar-refractivity contribution in [1.29, 1.82) is 0 Å². The van der Waals surface area contributed by atoms with Gasteiger partial charge in [-0.25, -0.2) is 18.5 Å². The third-order valence-corrected chi connectivity index (χ3v) is 4.78. The lowest BCUT2D eigenvalue weighted by atomic mass is 10.2. The summed E-state index contributed by atoms with van der Waals surface area (Å²) < 4.78 is 24.0. The molecule has 8 nitrogen and oxygen atoms in total. The van der Waals surface area contributed by atoms with Crippen LogP contribution in [0.25, 0.3) is 11.0 Å². The molecule has 3 rings (SSSR count). The van der Waals surface area contributed by atoms with Crippen molar-refractivity contribution in [2.75, 3.05) is 5.32 Å². The molecule has 0 bridgehead atoms. The van der Waals surface area contributed by atoms with Crippen molar-refractivity contribution in [1.82, 2.24) is 9.55 Å². The summed E-state index contributed by atoms with van der Waals surface area (Å²) in [5.74, 6) is -0.591. The number of aromatic nitrogens is 2. The van der Waals surface area contributed by atoms with Crippen LogP contribution in [0.15, 0.2) is 58.4 Å². The van der Waals surface area contributed by atoms with E-state index < -0.39 is 21.5 Å². The van der Waals surface area contributed by atoms with Gasteiger partial charge in [0.2, 0.25) is 10.0 Å². The Morgan fingerprint density at radius 3 is 2.54 bits per heavy atom. The molecule has 0 aliphatic heterocycles. The predicted octanol–water partition coefficient (Wildman–Crippen LogP) is 1.32. The van der Waals surface area contributed by atoms with Crippen LogP contribution in [-0.4, -0.2) is 23.9 Å². The van der Waals surface area contributed by atoms with Gasteiger partial charge in [-0.15, -0.1) is 0 Å². The number of fused-ring (bicyclic) bond motifs is 1. The highest BCUT2D eigenvalue weighted by molar-refractivity contribution is 7.89. The molecular formula is C17H16N4O4S. The minimum absolute atomic E-state index is 0.0251. The molecule has 0 atom stereocenters. The minimum atomic E-state index is -3.81. The summed E-state index contributed by atoms with van der Waals surface area (Å²) in [5, 5.41) is 8.29. The summed E-state index contributed by atoms with van der Waals surface area (Å²) in [6.45, 7) is 2.17. The molecule has 3 aromatic rings. The molecule has 1 amide bonds. The Morgan fingerprint density at radius 2 is 1.92 bits per heavy atom. The zero-order valence-electron chi connectivity index (χ0n) is 13.8. The maximum Gasteiger partial charge on any atom is 0.265 e. The third-order valence-electron chi connectivity index (χ3n) is 3.85. The minimum Gasteiger partial charge on any atom is -0.322 e. The highest BCUT2D eigenvalue weighted by Crippen LogP contribution is 2.15. The number of pyridine rings is 2. The van der Waals surface area contributed by atoms with Crippen molar-refractivity contribution >= 4 is 32.7 Å². The number of hydrogen-bond acceptors (Lipinski definition) is 5. The monoisotopic (exact) mass is 372 g/mol. The average molecular weight is 372 g/mol. The van der Waals surface area contributed by atoms with E-state index in [0.29, 0.717) is 23.3 Å². The quantitative estimate of drug-likeness (QED) is 0.715. The van der Waals surface area contributed by atoms with Crippen LogP contribution in [0.3, 0.4) is 0 Å². The Labute approximate surface area is 149 Å². The van der Waals surface area contributed by atoms with E-state index in [1.165, 1.54) is 34.9 Å². The van der Waals surface area contributed by atoms with Crippen molar-refractivity contribution in [3.05, 3.63) is 64.6 Å². The summed E-state index contributed by atoms with van der Waals surface area (Å²) in [6.07, 6.45) is 1.58. The van der Waals surface area contributed by atoms with E-state index in [1.54, 1.807) is 25.3 Å². The lowest BCUT2D eigenvalue weighted by Gasteiger charge is -2.10. The Bertz CT molecular complexity index is 1150. The Morgan fingerprint density at radius 1 is 1.23 bits per heavy atom. The van der Waals surface area contributed by atoms with Crippen molar-refractivity contribution in [2.24, 2.45) is 5.14 Å². The standard InChI is InChI=1S/C17H16N4O4S/c1-2-21-15-11(4-3-9-19-15)10-14(17(21)23)16(22)20-12-5-7-13(8-6-12)26(18,24)25/h3-10H,2H2,1H3,(H,20,22)(H2,18,24,25). The smallest absolute Gasteiger partial charge is 0.265 e. The molecule has 1 aromatic carbocycles. The van der Waals surface area contributed by atoms with E-state index in [2.05, 4.69) is 10.3 Å². The van der Waals surface area contributed by atoms with Gasteiger partial charge >= 0.3 is 0 Å². The Balaban J connectivity index is 1.98. The lowest BCUT2D eigenvalue weighted by molar-refractivity contribution is 0.102. The zero-order valence-corrected chi connectivity index (χ0v) is 14.7. The molecule has 0 aliphatic carbocycles. The SMILES string of the molecule is CCn1c(=O)c(C(=O)Nc2ccc(S(N)(=O)=O)cc2)cc2cccnc21. The first kappa shape index (κ1) is 17.8. The number of nitrogens with zero attached hydrogens (tertiary/aromatic N) is 2. The molecule has 2 heterocycles. The summed E-state index contributed by atoms with van der Waals surface area (Å²) in [6, 6.07) is 10.3. The van der Waals surface area contributed by atoms with Crippen LogP contribution in [0, 0.1) is 0 Å². The molecular weight excluding hydrogens is 356 g/mol. The number of carbonyl (C=O) groups is 1. The molecule has 9 heteroatoms. The van der Waals surface area contributed by atoms with Crippen molar-refractivity contribution in [2.45, 2.75) is 18.4 Å². The van der Waals surface area contributed by atoms with Gasteiger partial charge in [0.1, 0.15) is 11.2 Å². The van der Waals surface area contributed by atoms with Crippen LogP contribution < -0.4 is 16.0 Å². The van der Waals surface area contributed by atoms with E-state index in [4.69, 9.17) is 5.14 Å². The normalized spacial score (nSPS) is 11.5. The fourth-order valence-corrected chi connectivity index (χ4v) is 3.10. The summed E-state index contributed by atoms with van der Waals surface area (Å²) in [4.78, 5) is 29.3. The number of amides is 1. The first-order chi connectivity index (χ1) is 12.3. The number of nitrogens with one attached hydrogen (secondary N) is 1. The van der Waals surface area contributed by atoms with E-state index in [0.717, 1.165) is 0 Å². The fourth-order valence-electron chi connectivity index (χ4n) is 2.59. The number of rotatable bonds is 4. The first-order valence-corrected chi connectivity index (χ1v) is 9.28. The number of benzene rings is 1. The number of nitrogens with two attached hydrogens (primary N) is 1. The van der Waals surface area contributed by atoms with Gasteiger partial charge < -0.3 is 5.32 Å². The number of primary sulfonamides is 1. The number of anilines is 1. The largest absolute Gasteiger partial charge is 0.322 e. The Hall–Kier alpha value is -3.04. The summed E-state index contributed by atoms with van der Waals surface area (Å²) in [5.41, 5.74) is 0.380. The van der Waals surface area contributed by atoms with Gasteiger partial charge in [0.25, 0.3) is 11.5 Å². The summed E-state index contributed by atoms with van der Waals surface area (Å²) in [7, 11) is -3.81. The summed E-state index contributed by atoms with van der Waals surface area (Å²) >= 11 is 0. The molecule has 0 spiro atoms. The van der Waals surface area contributed by atoms with E-state index in [9.17, 15) is 18.0 Å². The van der Waals surface area contributed by atoms with Gasteiger partial charge in [0.15, 0.2) is 0 Å². The Kier molecular flexibility index (Phi) is 4.58. The molecule has 0 saturated carbocycles. The maximum absolute atomic E-state index is 12.6. The predicted molar refractivity (Wildman–Crippen MR) is 97.4 cm³/mol. The number of aryl methyl sites for hydroxylation is 1. The van der Waals surface area contributed by atoms with Crippen molar-refractivity contribution < 1.29 is 13.2 Å². The molecule has 0 radical (unpaired) electrons. The number of sulfonamides is 1. The second kappa shape index (κ2) is 6.70. The molecule has 3 N–H and O–H groups in total. The fraction of sp³-hybridized carbons (Fsp3) is 0.118. The highest BCUT2D eigenvalue weighted by atomic mass is 32.2. The second-order valence-corrected chi connectivity index (χ2v) is 7.11. The lowest BCUT2D eigenvalue weighted by Crippen LogP contribution is -2.29. The van der Waals surface area contributed by atoms with Gasteiger partial charge in [-0.05, 0) is 49.4 Å². The van der Waals surface area contributed by atoms with E-state index in [1.807, 2.05) is 0 Å². The number of hydrogen-bond donors (Lipinski definition) is 2. The number of carbonyl (C=O) groups excluding carboxylic acids is 1. The molecule has 26 heavy (non-hydrogen) atoms. The van der Waals surface area contributed by atoms with E-state index >= 15 is 0 Å². The van der Waals surface area contributed by atoms with Crippen LogP contribution in [0.1, 0.15) is 17.3 Å². The van der Waals surface area contributed by atoms with Crippen molar-refractivity contribution in [3.8, 4) is 0 Å². The van der Waals surface area contributed by atoms with Gasteiger partial charge in [-0.3, -0.25) is 14.2 Å². The van der Waals surface area contributed by atoms with Crippen molar-refractivity contribution in [3.63, 3.8) is 0 Å². The van der Waals surface area contributed by atoms with Crippen LogP contribution in [-0.2, 0) is 16.6 Å². The molecule has 0 aliphatic rings.